The summed E-state index contributed by atoms with van der Waals surface area (Å²) in [7, 11) is 0. The molecule has 0 radical (unpaired) electrons. The van der Waals surface area contributed by atoms with Crippen LogP contribution in [0.1, 0.15) is 18.4 Å². The molecule has 16 heavy (non-hydrogen) atoms. The van der Waals surface area contributed by atoms with Gasteiger partial charge in [0.2, 0.25) is 0 Å². The molecule has 0 amide bonds. The number of likely N-dealkylation sites (tertiary alicyclic amines) is 1. The van der Waals surface area contributed by atoms with Gasteiger partial charge in [0.1, 0.15) is 0 Å². The minimum absolute atomic E-state index is 0.564. The minimum atomic E-state index is 0.564. The number of hydrogen-bond donors (Lipinski definition) is 1. The van der Waals surface area contributed by atoms with E-state index in [1.54, 1.807) is 12.5 Å². The molecule has 0 unspecified atom stereocenters. The Morgan fingerprint density at radius 1 is 1.50 bits per heavy atom. The summed E-state index contributed by atoms with van der Waals surface area (Å²) in [6, 6.07) is 4.76. The Morgan fingerprint density at radius 2 is 2.31 bits per heavy atom. The molecular formula is C12H17N3O. The van der Waals surface area contributed by atoms with Gasteiger partial charge in [0.05, 0.1) is 25.1 Å². The maximum atomic E-state index is 8.60. The number of nitrogens with zero attached hydrogens (tertiary/aromatic N) is 2. The van der Waals surface area contributed by atoms with Crippen LogP contribution in [0.15, 0.2) is 23.0 Å². The third kappa shape index (κ3) is 3.09. The second-order valence-corrected chi connectivity index (χ2v) is 4.22. The molecule has 4 nitrogen and oxygen atoms in total. The Morgan fingerprint density at radius 3 is 2.94 bits per heavy atom. The van der Waals surface area contributed by atoms with Gasteiger partial charge in [0, 0.05) is 31.2 Å². The van der Waals surface area contributed by atoms with Crippen LogP contribution in [0.3, 0.4) is 0 Å². The van der Waals surface area contributed by atoms with Crippen molar-refractivity contribution in [2.45, 2.75) is 25.4 Å². The van der Waals surface area contributed by atoms with Gasteiger partial charge in [-0.3, -0.25) is 4.90 Å². The standard InChI is InChI=1S/C12H17N3O/c13-4-7-15-5-1-12(2-6-15)14-9-11-3-8-16-10-11/h3,8,10,12,14H,1-2,5-7,9H2. The fourth-order valence-electron chi connectivity index (χ4n) is 2.05. The molecule has 1 fully saturated rings. The maximum absolute atomic E-state index is 8.60. The Balaban J connectivity index is 1.68. The molecule has 1 aliphatic rings. The van der Waals surface area contributed by atoms with Crippen LogP contribution < -0.4 is 5.32 Å². The van der Waals surface area contributed by atoms with E-state index < -0.39 is 0 Å². The zero-order valence-electron chi connectivity index (χ0n) is 9.35. The van der Waals surface area contributed by atoms with E-state index in [4.69, 9.17) is 9.68 Å². The van der Waals surface area contributed by atoms with Crippen LogP contribution in [0, 0.1) is 11.3 Å². The highest BCUT2D eigenvalue weighted by atomic mass is 16.3. The summed E-state index contributed by atoms with van der Waals surface area (Å²) in [5.74, 6) is 0. The monoisotopic (exact) mass is 219 g/mol. The molecular weight excluding hydrogens is 202 g/mol. The number of furan rings is 1. The van der Waals surface area contributed by atoms with Gasteiger partial charge in [-0.25, -0.2) is 0 Å². The van der Waals surface area contributed by atoms with Crippen molar-refractivity contribution in [3.8, 4) is 6.07 Å². The SMILES string of the molecule is N#CCN1CCC(NCc2ccoc2)CC1. The van der Waals surface area contributed by atoms with Gasteiger partial charge in [0.15, 0.2) is 0 Å². The molecule has 0 aliphatic carbocycles. The Labute approximate surface area is 95.8 Å². The molecule has 1 aromatic heterocycles. The van der Waals surface area contributed by atoms with E-state index in [-0.39, 0.29) is 0 Å². The van der Waals surface area contributed by atoms with Crippen LogP contribution >= 0.6 is 0 Å². The van der Waals surface area contributed by atoms with Crippen LogP contribution in [0.25, 0.3) is 0 Å². The van der Waals surface area contributed by atoms with Gasteiger partial charge in [-0.2, -0.15) is 5.26 Å². The largest absolute Gasteiger partial charge is 0.472 e. The number of nitriles is 1. The van der Waals surface area contributed by atoms with Crippen molar-refractivity contribution in [1.82, 2.24) is 10.2 Å². The van der Waals surface area contributed by atoms with Crippen LogP contribution in [0.5, 0.6) is 0 Å². The van der Waals surface area contributed by atoms with Crippen molar-refractivity contribution < 1.29 is 4.42 Å². The lowest BCUT2D eigenvalue weighted by Gasteiger charge is -2.30. The van der Waals surface area contributed by atoms with Crippen molar-refractivity contribution in [2.75, 3.05) is 19.6 Å². The first-order chi connectivity index (χ1) is 7.88. The zero-order valence-corrected chi connectivity index (χ0v) is 9.35. The van der Waals surface area contributed by atoms with Crippen LogP contribution in [-0.4, -0.2) is 30.6 Å². The van der Waals surface area contributed by atoms with Gasteiger partial charge in [-0.05, 0) is 18.9 Å². The second-order valence-electron chi connectivity index (χ2n) is 4.22. The highest BCUT2D eigenvalue weighted by Crippen LogP contribution is 2.10. The van der Waals surface area contributed by atoms with Crippen molar-refractivity contribution >= 4 is 0 Å². The van der Waals surface area contributed by atoms with Crippen molar-refractivity contribution in [1.29, 1.82) is 5.26 Å². The average Bonchev–Trinajstić information content (AvgIpc) is 2.82. The summed E-state index contributed by atoms with van der Waals surface area (Å²) in [4.78, 5) is 2.20. The van der Waals surface area contributed by atoms with Gasteiger partial charge in [-0.1, -0.05) is 0 Å². The van der Waals surface area contributed by atoms with Crippen molar-refractivity contribution in [2.24, 2.45) is 0 Å². The predicted molar refractivity (Wildman–Crippen MR) is 60.6 cm³/mol. The number of rotatable bonds is 4. The van der Waals surface area contributed by atoms with Gasteiger partial charge >= 0.3 is 0 Å². The Kier molecular flexibility index (Phi) is 3.97. The van der Waals surface area contributed by atoms with E-state index >= 15 is 0 Å². The predicted octanol–water partition coefficient (Wildman–Crippen LogP) is 1.36. The summed E-state index contributed by atoms with van der Waals surface area (Å²) >= 11 is 0. The van der Waals surface area contributed by atoms with Gasteiger partial charge in [0.25, 0.3) is 0 Å². The average molecular weight is 219 g/mol. The molecule has 2 heterocycles. The number of hydrogen-bond acceptors (Lipinski definition) is 4. The van der Waals surface area contributed by atoms with Crippen LogP contribution in [-0.2, 0) is 6.54 Å². The molecule has 0 bridgehead atoms. The summed E-state index contributed by atoms with van der Waals surface area (Å²) in [6.07, 6.45) is 5.73. The van der Waals surface area contributed by atoms with E-state index in [1.807, 2.05) is 6.07 Å². The molecule has 1 aromatic rings. The Bertz CT molecular complexity index is 334. The molecule has 4 heteroatoms. The molecule has 0 saturated carbocycles. The molecule has 2 rings (SSSR count). The summed E-state index contributed by atoms with van der Waals surface area (Å²) in [5.41, 5.74) is 1.19. The first-order valence-electron chi connectivity index (χ1n) is 5.72. The summed E-state index contributed by atoms with van der Waals surface area (Å²) in [6.45, 7) is 3.49. The fourth-order valence-corrected chi connectivity index (χ4v) is 2.05. The minimum Gasteiger partial charge on any atom is -0.472 e. The molecule has 0 aromatic carbocycles. The molecule has 1 saturated heterocycles. The Hall–Kier alpha value is -1.31. The maximum Gasteiger partial charge on any atom is 0.0947 e. The van der Waals surface area contributed by atoms with Gasteiger partial charge < -0.3 is 9.73 Å². The third-order valence-electron chi connectivity index (χ3n) is 3.06. The topological polar surface area (TPSA) is 52.2 Å². The molecule has 0 atom stereocenters. The van der Waals surface area contributed by atoms with E-state index in [2.05, 4.69) is 16.3 Å². The smallest absolute Gasteiger partial charge is 0.0947 e. The van der Waals surface area contributed by atoms with E-state index in [0.717, 1.165) is 32.5 Å². The fraction of sp³-hybridized carbons (Fsp3) is 0.583. The van der Waals surface area contributed by atoms with Crippen molar-refractivity contribution in [3.05, 3.63) is 24.2 Å². The molecule has 1 N–H and O–H groups in total. The van der Waals surface area contributed by atoms with Gasteiger partial charge in [-0.15, -0.1) is 0 Å². The highest BCUT2D eigenvalue weighted by molar-refractivity contribution is 5.04. The summed E-state index contributed by atoms with van der Waals surface area (Å²) in [5, 5.41) is 12.1. The van der Waals surface area contributed by atoms with Crippen LogP contribution in [0.2, 0.25) is 0 Å². The summed E-state index contributed by atoms with van der Waals surface area (Å²) < 4.78 is 5.02. The third-order valence-corrected chi connectivity index (χ3v) is 3.06. The normalized spacial score (nSPS) is 18.4. The number of nitrogens with one attached hydrogen (secondary N) is 1. The van der Waals surface area contributed by atoms with E-state index in [0.29, 0.717) is 12.6 Å². The van der Waals surface area contributed by atoms with Crippen molar-refractivity contribution in [3.63, 3.8) is 0 Å². The first-order valence-corrected chi connectivity index (χ1v) is 5.72. The highest BCUT2D eigenvalue weighted by Gasteiger charge is 2.18. The molecule has 86 valence electrons. The lowest BCUT2D eigenvalue weighted by molar-refractivity contribution is 0.216. The first kappa shape index (κ1) is 11.2. The molecule has 1 aliphatic heterocycles. The molecule has 0 spiro atoms. The lowest BCUT2D eigenvalue weighted by Crippen LogP contribution is -2.42. The van der Waals surface area contributed by atoms with E-state index in [1.165, 1.54) is 5.56 Å². The number of piperidine rings is 1. The second kappa shape index (κ2) is 5.69. The van der Waals surface area contributed by atoms with Crippen LogP contribution in [0.4, 0.5) is 0 Å². The lowest BCUT2D eigenvalue weighted by atomic mass is 10.0. The van der Waals surface area contributed by atoms with E-state index in [9.17, 15) is 0 Å². The quantitative estimate of drug-likeness (QED) is 0.777. The zero-order chi connectivity index (χ0) is 11.2.